The highest BCUT2D eigenvalue weighted by molar-refractivity contribution is 6.30. The highest BCUT2D eigenvalue weighted by Gasteiger charge is 2.36. The highest BCUT2D eigenvalue weighted by Crippen LogP contribution is 2.32. The lowest BCUT2D eigenvalue weighted by atomic mass is 10.0. The van der Waals surface area contributed by atoms with Crippen molar-refractivity contribution in [3.05, 3.63) is 46.3 Å². The molecule has 0 bridgehead atoms. The minimum atomic E-state index is -0.821. The van der Waals surface area contributed by atoms with Crippen LogP contribution in [-0.4, -0.2) is 32.2 Å². The molecule has 1 heterocycles. The normalized spacial score (nSPS) is 19.9. The van der Waals surface area contributed by atoms with Crippen molar-refractivity contribution in [2.75, 3.05) is 14.2 Å². The summed E-state index contributed by atoms with van der Waals surface area (Å²) in [5.41, 5.74) is 0.571. The molecule has 1 fully saturated rings. The first-order valence-electron chi connectivity index (χ1n) is 6.57. The summed E-state index contributed by atoms with van der Waals surface area (Å²) in [6, 6.07) is 6.99. The summed E-state index contributed by atoms with van der Waals surface area (Å²) in [6.45, 7) is 1.87. The number of esters is 2. The van der Waals surface area contributed by atoms with Crippen molar-refractivity contribution in [3.63, 3.8) is 0 Å². The van der Waals surface area contributed by atoms with E-state index in [1.807, 2.05) is 19.1 Å². The fraction of sp³-hybridized carbons (Fsp3) is 0.333. The van der Waals surface area contributed by atoms with E-state index in [0.29, 0.717) is 5.02 Å². The molecular weight excluding hydrogens is 310 g/mol. The molecule has 0 aromatic heterocycles. The van der Waals surface area contributed by atoms with Gasteiger partial charge in [0, 0.05) is 5.02 Å². The zero-order chi connectivity index (χ0) is 16.3. The molecule has 0 aliphatic carbocycles. The zero-order valence-electron chi connectivity index (χ0n) is 12.4. The molecule has 1 aliphatic heterocycles. The number of carbonyl (C=O) groups excluding carboxylic acids is 2. The van der Waals surface area contributed by atoms with Gasteiger partial charge in [-0.2, -0.15) is 0 Å². The molecule has 0 unspecified atom stereocenters. The molecule has 1 saturated heterocycles. The fourth-order valence-corrected chi connectivity index (χ4v) is 2.28. The zero-order valence-corrected chi connectivity index (χ0v) is 13.1. The molecule has 1 aliphatic rings. The summed E-state index contributed by atoms with van der Waals surface area (Å²) in [4.78, 5) is 23.6. The van der Waals surface area contributed by atoms with Crippen LogP contribution >= 0.6 is 11.6 Å². The van der Waals surface area contributed by atoms with E-state index in [9.17, 15) is 9.59 Å². The largest absolute Gasteiger partial charge is 0.468 e. The van der Waals surface area contributed by atoms with Crippen LogP contribution in [0, 0.1) is 0 Å². The van der Waals surface area contributed by atoms with Crippen molar-refractivity contribution in [1.82, 2.24) is 5.32 Å². The Balaban J connectivity index is 2.34. The second-order valence-electron chi connectivity index (χ2n) is 4.71. The van der Waals surface area contributed by atoms with Crippen LogP contribution in [0.5, 0.6) is 0 Å². The number of rotatable bonds is 3. The lowest BCUT2D eigenvalue weighted by molar-refractivity contribution is -0.144. The lowest BCUT2D eigenvalue weighted by Crippen LogP contribution is -2.25. The van der Waals surface area contributed by atoms with Gasteiger partial charge in [0.15, 0.2) is 0 Å². The van der Waals surface area contributed by atoms with Gasteiger partial charge in [-0.1, -0.05) is 23.7 Å². The topological polar surface area (TPSA) is 73.9 Å². The van der Waals surface area contributed by atoms with Gasteiger partial charge in [-0.15, -0.1) is 0 Å². The number of hydrogen-bond acceptors (Lipinski definition) is 6. The van der Waals surface area contributed by atoms with Crippen LogP contribution in [0.1, 0.15) is 18.6 Å². The molecule has 0 radical (unpaired) electrons. The molecule has 1 aromatic carbocycles. The number of halogens is 1. The van der Waals surface area contributed by atoms with E-state index in [4.69, 9.17) is 16.3 Å². The van der Waals surface area contributed by atoms with E-state index in [0.717, 1.165) is 5.56 Å². The average molecular weight is 326 g/mol. The molecule has 1 N–H and O–H groups in total. The van der Waals surface area contributed by atoms with Gasteiger partial charge >= 0.3 is 11.9 Å². The first-order chi connectivity index (χ1) is 10.5. The molecule has 2 rings (SSSR count). The lowest BCUT2D eigenvalue weighted by Gasteiger charge is -2.13. The van der Waals surface area contributed by atoms with E-state index in [1.54, 1.807) is 12.1 Å². The van der Waals surface area contributed by atoms with Crippen LogP contribution in [-0.2, 0) is 23.8 Å². The second kappa shape index (κ2) is 6.70. The molecule has 1 aromatic rings. The summed E-state index contributed by atoms with van der Waals surface area (Å²) in [5, 5.41) is 3.58. The van der Waals surface area contributed by atoms with Crippen LogP contribution in [0.2, 0.25) is 5.02 Å². The Bertz CT molecular complexity index is 593. The van der Waals surface area contributed by atoms with Gasteiger partial charge in [-0.05, 0) is 24.6 Å². The van der Waals surface area contributed by atoms with Gasteiger partial charge in [0.25, 0.3) is 0 Å². The van der Waals surface area contributed by atoms with Crippen LogP contribution in [0.15, 0.2) is 35.7 Å². The first kappa shape index (κ1) is 16.2. The van der Waals surface area contributed by atoms with Crippen molar-refractivity contribution < 1.29 is 23.8 Å². The molecule has 0 saturated carbocycles. The van der Waals surface area contributed by atoms with E-state index in [1.165, 1.54) is 14.2 Å². The Kier molecular flexibility index (Phi) is 4.92. The Morgan fingerprint density at radius 3 is 2.18 bits per heavy atom. The number of hydrogen-bond donors (Lipinski definition) is 1. The summed E-state index contributed by atoms with van der Waals surface area (Å²) in [6.07, 6.45) is -0.364. The molecular formula is C15H16ClNO5. The predicted octanol–water partition coefficient (Wildman–Crippen LogP) is 1.95. The number of nitrogens with one attached hydrogen (secondary N) is 1. The summed E-state index contributed by atoms with van der Waals surface area (Å²) < 4.78 is 14.9. The maximum atomic E-state index is 11.8. The van der Waals surface area contributed by atoms with E-state index in [-0.39, 0.29) is 23.6 Å². The van der Waals surface area contributed by atoms with Gasteiger partial charge in [-0.3, -0.25) is 0 Å². The minimum absolute atomic E-state index is 0.0474. The van der Waals surface area contributed by atoms with Gasteiger partial charge < -0.3 is 19.5 Å². The van der Waals surface area contributed by atoms with Crippen molar-refractivity contribution in [1.29, 1.82) is 0 Å². The standard InChI is InChI=1S/C15H16ClNO5/c1-8-12(9-4-6-10(16)7-5-9)22-13(17-8)11(14(18)20-2)15(19)21-3/h4-8,12,17H,1-3H3/t8-,12+/m1/s1. The molecule has 22 heavy (non-hydrogen) atoms. The number of benzene rings is 1. The minimum Gasteiger partial charge on any atom is -0.468 e. The van der Waals surface area contributed by atoms with E-state index in [2.05, 4.69) is 14.8 Å². The van der Waals surface area contributed by atoms with Gasteiger partial charge in [0.05, 0.1) is 20.3 Å². The second-order valence-corrected chi connectivity index (χ2v) is 5.15. The fourth-order valence-electron chi connectivity index (χ4n) is 2.16. The molecule has 118 valence electrons. The molecule has 0 amide bonds. The smallest absolute Gasteiger partial charge is 0.350 e. The molecule has 7 heteroatoms. The summed E-state index contributed by atoms with van der Waals surface area (Å²) >= 11 is 5.87. The number of ether oxygens (including phenoxy) is 3. The highest BCUT2D eigenvalue weighted by atomic mass is 35.5. The molecule has 0 spiro atoms. The molecule has 2 atom stereocenters. The van der Waals surface area contributed by atoms with Crippen molar-refractivity contribution in [3.8, 4) is 0 Å². The van der Waals surface area contributed by atoms with Crippen LogP contribution in [0.4, 0.5) is 0 Å². The molecule has 6 nitrogen and oxygen atoms in total. The van der Waals surface area contributed by atoms with Gasteiger partial charge in [0.2, 0.25) is 11.5 Å². The van der Waals surface area contributed by atoms with Crippen LogP contribution < -0.4 is 5.32 Å². The summed E-state index contributed by atoms with van der Waals surface area (Å²) in [5.74, 6) is -1.59. The predicted molar refractivity (Wildman–Crippen MR) is 78.9 cm³/mol. The van der Waals surface area contributed by atoms with Crippen molar-refractivity contribution in [2.45, 2.75) is 19.1 Å². The Hall–Kier alpha value is -2.21. The Labute approximate surface area is 133 Å². The third-order valence-electron chi connectivity index (χ3n) is 3.26. The van der Waals surface area contributed by atoms with Gasteiger partial charge in [-0.25, -0.2) is 9.59 Å². The maximum absolute atomic E-state index is 11.8. The van der Waals surface area contributed by atoms with Gasteiger partial charge in [0.1, 0.15) is 6.10 Å². The number of methoxy groups -OCH3 is 2. The van der Waals surface area contributed by atoms with E-state index < -0.39 is 11.9 Å². The maximum Gasteiger partial charge on any atom is 0.350 e. The third-order valence-corrected chi connectivity index (χ3v) is 3.51. The van der Waals surface area contributed by atoms with Crippen LogP contribution in [0.3, 0.4) is 0 Å². The summed E-state index contributed by atoms with van der Waals surface area (Å²) in [7, 11) is 2.36. The Morgan fingerprint density at radius 2 is 1.68 bits per heavy atom. The average Bonchev–Trinajstić information content (AvgIpc) is 2.89. The third kappa shape index (κ3) is 3.17. The van der Waals surface area contributed by atoms with Crippen LogP contribution in [0.25, 0.3) is 0 Å². The quantitative estimate of drug-likeness (QED) is 0.396. The SMILES string of the molecule is COC(=O)C(C(=O)OC)=C1N[C@H](C)[C@@H](c2ccc(Cl)cc2)O1. The first-order valence-corrected chi connectivity index (χ1v) is 6.95. The van der Waals surface area contributed by atoms with Crippen molar-refractivity contribution in [2.24, 2.45) is 0 Å². The number of carbonyl (C=O) groups is 2. The monoisotopic (exact) mass is 325 g/mol. The van der Waals surface area contributed by atoms with Crippen molar-refractivity contribution >= 4 is 23.5 Å². The van der Waals surface area contributed by atoms with E-state index >= 15 is 0 Å². The Morgan fingerprint density at radius 1 is 1.14 bits per heavy atom.